The largest absolute Gasteiger partial charge is 0.345 e. The number of carbonyl (C=O) groups is 1. The molecule has 0 unspecified atom stereocenters. The fourth-order valence-corrected chi connectivity index (χ4v) is 4.87. The average molecular weight is 411 g/mol. The zero-order valence-corrected chi connectivity index (χ0v) is 18.0. The number of piperidine rings is 2. The molecule has 7 heteroatoms. The van der Waals surface area contributed by atoms with Gasteiger partial charge in [-0.15, -0.1) is 0 Å². The second-order valence-corrected chi connectivity index (χ2v) is 8.82. The van der Waals surface area contributed by atoms with Crippen LogP contribution in [0.4, 0.5) is 0 Å². The zero-order chi connectivity index (χ0) is 20.8. The van der Waals surface area contributed by atoms with Crippen molar-refractivity contribution in [2.75, 3.05) is 39.8 Å². The maximum Gasteiger partial charge on any atom is 0.226 e. The lowest BCUT2D eigenvalue weighted by molar-refractivity contribution is -0.136. The molecule has 0 spiro atoms. The molecule has 0 aliphatic carbocycles. The number of nitrogens with zero attached hydrogens (tertiary/aromatic N) is 5. The molecule has 4 rings (SSSR count). The summed E-state index contributed by atoms with van der Waals surface area (Å²) >= 11 is 0. The van der Waals surface area contributed by atoms with Crippen molar-refractivity contribution in [3.05, 3.63) is 48.0 Å². The molecular formula is C23H34N6O. The van der Waals surface area contributed by atoms with E-state index in [1.54, 1.807) is 0 Å². The summed E-state index contributed by atoms with van der Waals surface area (Å²) in [5, 5.41) is 6.82. The van der Waals surface area contributed by atoms with E-state index < -0.39 is 0 Å². The summed E-state index contributed by atoms with van der Waals surface area (Å²) in [5.41, 5.74) is 2.44. The second-order valence-electron chi connectivity index (χ2n) is 8.82. The summed E-state index contributed by atoms with van der Waals surface area (Å²) in [6, 6.07) is 4.78. The first-order valence-electron chi connectivity index (χ1n) is 11.3. The molecular weight excluding hydrogens is 376 g/mol. The molecule has 1 amide bonds. The highest BCUT2D eigenvalue weighted by molar-refractivity contribution is 5.79. The van der Waals surface area contributed by atoms with Gasteiger partial charge in [0.05, 0.1) is 12.1 Å². The first-order valence-corrected chi connectivity index (χ1v) is 11.3. The fourth-order valence-electron chi connectivity index (χ4n) is 4.87. The van der Waals surface area contributed by atoms with Gasteiger partial charge in [0.2, 0.25) is 5.91 Å². The normalized spacial score (nSPS) is 21.6. The fraction of sp³-hybridized carbons (Fsp3) is 0.609. The molecule has 7 nitrogen and oxygen atoms in total. The van der Waals surface area contributed by atoms with Crippen LogP contribution in [0.2, 0.25) is 0 Å². The molecule has 2 aromatic rings. The summed E-state index contributed by atoms with van der Waals surface area (Å²) in [6.07, 6.45) is 12.9. The maximum atomic E-state index is 13.0. The number of pyridine rings is 1. The third-order valence-corrected chi connectivity index (χ3v) is 6.67. The Bertz CT molecular complexity index is 772. The third-order valence-electron chi connectivity index (χ3n) is 6.67. The number of rotatable bonds is 7. The van der Waals surface area contributed by atoms with Gasteiger partial charge in [-0.2, -0.15) is 5.10 Å². The zero-order valence-electron chi connectivity index (χ0n) is 18.0. The van der Waals surface area contributed by atoms with Crippen molar-refractivity contribution >= 4 is 5.91 Å². The van der Waals surface area contributed by atoms with Crippen molar-refractivity contribution in [2.45, 2.75) is 44.7 Å². The van der Waals surface area contributed by atoms with Crippen molar-refractivity contribution in [3.8, 4) is 0 Å². The van der Waals surface area contributed by atoms with Crippen LogP contribution in [0.5, 0.6) is 0 Å². The van der Waals surface area contributed by atoms with E-state index in [9.17, 15) is 4.79 Å². The minimum absolute atomic E-state index is 0.140. The van der Waals surface area contributed by atoms with Crippen LogP contribution in [0.25, 0.3) is 0 Å². The van der Waals surface area contributed by atoms with Crippen molar-refractivity contribution in [1.29, 1.82) is 0 Å². The van der Waals surface area contributed by atoms with Gasteiger partial charge >= 0.3 is 0 Å². The number of nitrogens with one attached hydrogen (secondary N) is 1. The van der Waals surface area contributed by atoms with Crippen LogP contribution in [0.1, 0.15) is 36.8 Å². The summed E-state index contributed by atoms with van der Waals surface area (Å²) in [5.74, 6) is 0.443. The van der Waals surface area contributed by atoms with Gasteiger partial charge in [-0.1, -0.05) is 6.07 Å². The molecule has 1 atom stereocenters. The van der Waals surface area contributed by atoms with E-state index in [0.29, 0.717) is 11.9 Å². The molecule has 0 bridgehead atoms. The Morgan fingerprint density at radius 1 is 1.20 bits per heavy atom. The Hall–Kier alpha value is -2.25. The summed E-state index contributed by atoms with van der Waals surface area (Å²) in [7, 11) is 1.94. The number of carbonyl (C=O) groups excluding carboxylic acids is 1. The van der Waals surface area contributed by atoms with E-state index in [1.165, 1.54) is 18.4 Å². The molecule has 1 N–H and O–H groups in total. The van der Waals surface area contributed by atoms with E-state index in [4.69, 9.17) is 0 Å². The minimum Gasteiger partial charge on any atom is -0.345 e. The van der Waals surface area contributed by atoms with Crippen LogP contribution in [-0.4, -0.2) is 81.6 Å². The number of aromatic amines is 1. The standard InChI is InChI=1S/C23H34N6O/c1-27(11-6-19-15-25-26-16-19)23(30)21-5-3-10-29(18-21)22-7-12-28(13-8-22)17-20-4-2-9-24-14-20/h2,4,9,14-16,21-22H,3,5-8,10-13,17-18H2,1H3,(H,25,26)/t21-/m1/s1. The van der Waals surface area contributed by atoms with Gasteiger partial charge in [-0.05, 0) is 68.9 Å². The third kappa shape index (κ3) is 5.46. The molecule has 0 aromatic carbocycles. The van der Waals surface area contributed by atoms with Gasteiger partial charge in [0, 0.05) is 51.3 Å². The Labute approximate surface area is 179 Å². The van der Waals surface area contributed by atoms with Gasteiger partial charge in [0.25, 0.3) is 0 Å². The number of hydrogen-bond donors (Lipinski definition) is 1. The Morgan fingerprint density at radius 2 is 2.07 bits per heavy atom. The minimum atomic E-state index is 0.140. The average Bonchev–Trinajstić information content (AvgIpc) is 3.32. The first kappa shape index (κ1) is 21.0. The van der Waals surface area contributed by atoms with Crippen molar-refractivity contribution < 1.29 is 4.79 Å². The molecule has 2 saturated heterocycles. The molecule has 2 fully saturated rings. The van der Waals surface area contributed by atoms with Crippen LogP contribution >= 0.6 is 0 Å². The Kier molecular flexibility index (Phi) is 7.12. The van der Waals surface area contributed by atoms with Crippen molar-refractivity contribution in [3.63, 3.8) is 0 Å². The highest BCUT2D eigenvalue weighted by Crippen LogP contribution is 2.25. The highest BCUT2D eigenvalue weighted by atomic mass is 16.2. The lowest BCUT2D eigenvalue weighted by atomic mass is 9.92. The number of aromatic nitrogens is 3. The summed E-state index contributed by atoms with van der Waals surface area (Å²) in [4.78, 5) is 24.3. The molecule has 2 aromatic heterocycles. The summed E-state index contributed by atoms with van der Waals surface area (Å²) < 4.78 is 0. The number of hydrogen-bond acceptors (Lipinski definition) is 5. The Morgan fingerprint density at radius 3 is 2.80 bits per heavy atom. The highest BCUT2D eigenvalue weighted by Gasteiger charge is 2.32. The predicted octanol–water partition coefficient (Wildman–Crippen LogP) is 2.18. The Balaban J connectivity index is 1.23. The van der Waals surface area contributed by atoms with E-state index in [0.717, 1.165) is 64.1 Å². The molecule has 162 valence electrons. The van der Waals surface area contributed by atoms with Crippen LogP contribution < -0.4 is 0 Å². The monoisotopic (exact) mass is 410 g/mol. The van der Waals surface area contributed by atoms with Crippen LogP contribution in [0.15, 0.2) is 36.9 Å². The van der Waals surface area contributed by atoms with Crippen LogP contribution in [0.3, 0.4) is 0 Å². The van der Waals surface area contributed by atoms with Gasteiger partial charge in [0.15, 0.2) is 0 Å². The van der Waals surface area contributed by atoms with E-state index in [-0.39, 0.29) is 5.92 Å². The molecule has 4 heterocycles. The second kappa shape index (κ2) is 10.2. The van der Waals surface area contributed by atoms with Crippen LogP contribution in [0, 0.1) is 5.92 Å². The number of amides is 1. The van der Waals surface area contributed by atoms with Gasteiger partial charge in [0.1, 0.15) is 0 Å². The van der Waals surface area contributed by atoms with Crippen LogP contribution in [-0.2, 0) is 17.8 Å². The molecule has 0 radical (unpaired) electrons. The number of likely N-dealkylation sites (N-methyl/N-ethyl adjacent to an activating group) is 1. The maximum absolute atomic E-state index is 13.0. The van der Waals surface area contributed by atoms with E-state index >= 15 is 0 Å². The first-order chi connectivity index (χ1) is 14.7. The van der Waals surface area contributed by atoms with E-state index in [2.05, 4.69) is 31.0 Å². The smallest absolute Gasteiger partial charge is 0.226 e. The topological polar surface area (TPSA) is 68.4 Å². The molecule has 0 saturated carbocycles. The molecule has 2 aliphatic rings. The lowest BCUT2D eigenvalue weighted by Gasteiger charge is -2.42. The van der Waals surface area contributed by atoms with E-state index in [1.807, 2.05) is 42.8 Å². The molecule has 2 aliphatic heterocycles. The quantitative estimate of drug-likeness (QED) is 0.758. The van der Waals surface area contributed by atoms with Gasteiger partial charge in [-0.25, -0.2) is 0 Å². The van der Waals surface area contributed by atoms with Crippen molar-refractivity contribution in [2.24, 2.45) is 5.92 Å². The van der Waals surface area contributed by atoms with Gasteiger partial charge in [-0.3, -0.25) is 24.7 Å². The van der Waals surface area contributed by atoms with Crippen molar-refractivity contribution in [1.82, 2.24) is 29.9 Å². The number of likely N-dealkylation sites (tertiary alicyclic amines) is 2. The lowest BCUT2D eigenvalue weighted by Crippen LogP contribution is -2.51. The predicted molar refractivity (Wildman–Crippen MR) is 117 cm³/mol. The SMILES string of the molecule is CN(CCc1cn[nH]c1)C(=O)[C@@H]1CCCN(C2CCN(Cc3cccnc3)CC2)C1. The summed E-state index contributed by atoms with van der Waals surface area (Å²) in [6.45, 7) is 6.04. The molecule has 30 heavy (non-hydrogen) atoms. The number of H-pyrrole nitrogens is 1. The van der Waals surface area contributed by atoms with Gasteiger partial charge < -0.3 is 4.90 Å².